The van der Waals surface area contributed by atoms with Crippen molar-refractivity contribution in [3.63, 3.8) is 0 Å². The van der Waals surface area contributed by atoms with E-state index >= 15 is 0 Å². The fourth-order valence-corrected chi connectivity index (χ4v) is 8.94. The highest BCUT2D eigenvalue weighted by Crippen LogP contribution is 2.41. The maximum absolute atomic E-state index is 2.48. The zero-order chi connectivity index (χ0) is 39.9. The highest BCUT2D eigenvalue weighted by atomic mass is 15.0. The Morgan fingerprint density at radius 3 is 0.768 bits per heavy atom. The van der Waals surface area contributed by atoms with Gasteiger partial charge in [-0.3, -0.25) is 0 Å². The molecule has 0 bridgehead atoms. The highest BCUT2D eigenvalue weighted by Gasteiger charge is 2.24. The summed E-state index contributed by atoms with van der Waals surface area (Å²) in [6, 6.07) is 42.5. The Morgan fingerprint density at radius 1 is 0.286 bits per heavy atom. The molecular weight excluding hydrogens is 679 g/mol. The van der Waals surface area contributed by atoms with Crippen LogP contribution in [0.3, 0.4) is 0 Å². The minimum absolute atomic E-state index is 0.0595. The lowest BCUT2D eigenvalue weighted by Gasteiger charge is -2.19. The van der Waals surface area contributed by atoms with Gasteiger partial charge in [0.2, 0.25) is 0 Å². The Bertz CT molecular complexity index is 2700. The molecule has 0 amide bonds. The van der Waals surface area contributed by atoms with Gasteiger partial charge in [-0.25, -0.2) is 0 Å². The average molecular weight is 736 g/mol. The van der Waals surface area contributed by atoms with Crippen molar-refractivity contribution >= 4 is 65.4 Å². The molecule has 284 valence electrons. The Hall–Kier alpha value is -5.28. The van der Waals surface area contributed by atoms with Gasteiger partial charge in [0.05, 0.1) is 22.1 Å². The zero-order valence-electron chi connectivity index (χ0n) is 35.7. The largest absolute Gasteiger partial charge is 0.344 e. The van der Waals surface area contributed by atoms with Gasteiger partial charge in [0, 0.05) is 61.8 Å². The van der Waals surface area contributed by atoms with Crippen molar-refractivity contribution in [2.45, 2.75) is 105 Å². The summed E-state index contributed by atoms with van der Waals surface area (Å²) < 4.78 is 7.32. The number of fused-ring (bicyclic) bond motifs is 9. The van der Waals surface area contributed by atoms with Crippen molar-refractivity contribution in [2.24, 2.45) is 7.05 Å². The van der Waals surface area contributed by atoms with Gasteiger partial charge in [0.15, 0.2) is 0 Å². The predicted molar refractivity (Wildman–Crippen MR) is 244 cm³/mol. The molecular formula is C53H57N3. The molecule has 0 fully saturated rings. The van der Waals surface area contributed by atoms with E-state index in [2.05, 4.69) is 213 Å². The number of nitrogens with zero attached hydrogens (tertiary/aromatic N) is 3. The van der Waals surface area contributed by atoms with Crippen LogP contribution in [0.15, 0.2) is 109 Å². The average Bonchev–Trinajstić information content (AvgIpc) is 3.73. The molecule has 0 unspecified atom stereocenters. The van der Waals surface area contributed by atoms with Crippen molar-refractivity contribution < 1.29 is 0 Å². The summed E-state index contributed by atoms with van der Waals surface area (Å²) >= 11 is 0. The molecule has 0 aliphatic carbocycles. The van der Waals surface area contributed by atoms with Gasteiger partial charge in [0.1, 0.15) is 0 Å². The van der Waals surface area contributed by atoms with Crippen LogP contribution in [-0.4, -0.2) is 13.7 Å². The molecule has 0 spiro atoms. The van der Waals surface area contributed by atoms with E-state index in [9.17, 15) is 0 Å². The van der Waals surface area contributed by atoms with Crippen molar-refractivity contribution in [2.75, 3.05) is 0 Å². The second-order valence-electron chi connectivity index (χ2n) is 20.6. The molecule has 0 saturated heterocycles. The van der Waals surface area contributed by atoms with Gasteiger partial charge in [-0.2, -0.15) is 0 Å². The normalized spacial score (nSPS) is 13.4. The lowest BCUT2D eigenvalue weighted by atomic mass is 9.85. The van der Waals surface area contributed by atoms with Crippen LogP contribution in [0, 0.1) is 0 Å². The van der Waals surface area contributed by atoms with Crippen LogP contribution in [0.5, 0.6) is 0 Å². The summed E-state index contributed by atoms with van der Waals surface area (Å²) in [5.41, 5.74) is 15.5. The van der Waals surface area contributed by atoms with E-state index in [1.165, 1.54) is 99.0 Å². The molecule has 9 aromatic rings. The SMILES string of the molecule is Cn1c2ccc(-n3c4ccc(C(C)(C)C)cc4c4cc(C(C)(C)C)ccc43)cc2c2cc(-n3c4ccc(C(C)(C)C)cc4c4cc(C(C)(C)C)ccc43)ccc21. The Kier molecular flexibility index (Phi) is 7.71. The van der Waals surface area contributed by atoms with Gasteiger partial charge in [0.25, 0.3) is 0 Å². The van der Waals surface area contributed by atoms with Crippen LogP contribution < -0.4 is 0 Å². The molecule has 3 heterocycles. The molecule has 6 aromatic carbocycles. The predicted octanol–water partition coefficient (Wildman–Crippen LogP) is 14.7. The number of rotatable bonds is 2. The van der Waals surface area contributed by atoms with Crippen LogP contribution in [0.25, 0.3) is 76.8 Å². The zero-order valence-corrected chi connectivity index (χ0v) is 35.7. The van der Waals surface area contributed by atoms with Crippen LogP contribution in [0.2, 0.25) is 0 Å². The number of aryl methyl sites for hydroxylation is 1. The Labute approximate surface area is 332 Å². The van der Waals surface area contributed by atoms with Gasteiger partial charge in [-0.05, 0) is 129 Å². The van der Waals surface area contributed by atoms with Crippen molar-refractivity contribution in [3.05, 3.63) is 131 Å². The summed E-state index contributed by atoms with van der Waals surface area (Å²) in [5, 5.41) is 7.79. The first-order valence-corrected chi connectivity index (χ1v) is 20.4. The molecule has 0 aliphatic heterocycles. The van der Waals surface area contributed by atoms with Gasteiger partial charge < -0.3 is 13.7 Å². The molecule has 0 N–H and O–H groups in total. The molecule has 0 atom stereocenters. The summed E-state index contributed by atoms with van der Waals surface area (Å²) in [5.74, 6) is 0. The van der Waals surface area contributed by atoms with Crippen LogP contribution >= 0.6 is 0 Å². The fraction of sp³-hybridized carbons (Fsp3) is 0.321. The lowest BCUT2D eigenvalue weighted by molar-refractivity contribution is 0.590. The van der Waals surface area contributed by atoms with E-state index < -0.39 is 0 Å². The second-order valence-corrected chi connectivity index (χ2v) is 20.6. The number of hydrogen-bond donors (Lipinski definition) is 0. The molecule has 3 aromatic heterocycles. The van der Waals surface area contributed by atoms with E-state index in [1.807, 2.05) is 0 Å². The van der Waals surface area contributed by atoms with Crippen molar-refractivity contribution in [3.8, 4) is 11.4 Å². The maximum Gasteiger partial charge on any atom is 0.0541 e. The summed E-state index contributed by atoms with van der Waals surface area (Å²) in [6.45, 7) is 27.7. The summed E-state index contributed by atoms with van der Waals surface area (Å²) in [6.07, 6.45) is 0. The third kappa shape index (κ3) is 5.60. The second kappa shape index (κ2) is 11.9. The van der Waals surface area contributed by atoms with E-state index in [4.69, 9.17) is 0 Å². The molecule has 0 saturated carbocycles. The lowest BCUT2D eigenvalue weighted by Crippen LogP contribution is -2.10. The quantitative estimate of drug-likeness (QED) is 0.168. The maximum atomic E-state index is 2.48. The summed E-state index contributed by atoms with van der Waals surface area (Å²) in [4.78, 5) is 0. The van der Waals surface area contributed by atoms with Gasteiger partial charge >= 0.3 is 0 Å². The molecule has 0 radical (unpaired) electrons. The first-order chi connectivity index (χ1) is 26.2. The molecule has 3 heteroatoms. The minimum Gasteiger partial charge on any atom is -0.344 e. The molecule has 0 aliphatic rings. The smallest absolute Gasteiger partial charge is 0.0541 e. The number of hydrogen-bond acceptors (Lipinski definition) is 0. The monoisotopic (exact) mass is 735 g/mol. The third-order valence-corrected chi connectivity index (χ3v) is 12.5. The first kappa shape index (κ1) is 36.4. The fourth-order valence-electron chi connectivity index (χ4n) is 8.94. The van der Waals surface area contributed by atoms with Gasteiger partial charge in [-0.1, -0.05) is 107 Å². The summed E-state index contributed by atoms with van der Waals surface area (Å²) in [7, 11) is 2.20. The number of aromatic nitrogens is 3. The van der Waals surface area contributed by atoms with E-state index in [0.717, 1.165) is 0 Å². The molecule has 9 rings (SSSR count). The van der Waals surface area contributed by atoms with Crippen molar-refractivity contribution in [1.29, 1.82) is 0 Å². The number of benzene rings is 6. The van der Waals surface area contributed by atoms with Crippen LogP contribution in [0.1, 0.15) is 105 Å². The highest BCUT2D eigenvalue weighted by molar-refractivity contribution is 6.13. The standard InChI is InChI=1S/C53H57N3/c1-50(2,3)32-14-20-46-38(26-32)39-27-33(51(4,5)6)15-21-47(39)55(46)36-18-24-44-42(30-36)43-31-37(19-25-45(43)54(44)13)56-48-22-16-34(52(7,8)9)28-40(48)41-29-35(53(10,11)12)17-23-49(41)56/h14-31H,1-13H3. The van der Waals surface area contributed by atoms with Crippen molar-refractivity contribution in [1.82, 2.24) is 13.7 Å². The van der Waals surface area contributed by atoms with Crippen LogP contribution in [-0.2, 0) is 28.7 Å². The Morgan fingerprint density at radius 2 is 0.518 bits per heavy atom. The first-order valence-electron chi connectivity index (χ1n) is 20.4. The van der Waals surface area contributed by atoms with Gasteiger partial charge in [-0.15, -0.1) is 0 Å². The molecule has 56 heavy (non-hydrogen) atoms. The van der Waals surface area contributed by atoms with Crippen LogP contribution in [0.4, 0.5) is 0 Å². The third-order valence-electron chi connectivity index (χ3n) is 12.5. The Balaban J connectivity index is 1.29. The van der Waals surface area contributed by atoms with E-state index in [1.54, 1.807) is 0 Å². The van der Waals surface area contributed by atoms with E-state index in [0.29, 0.717) is 0 Å². The molecule has 3 nitrogen and oxygen atoms in total. The minimum atomic E-state index is 0.0595. The van der Waals surface area contributed by atoms with E-state index in [-0.39, 0.29) is 21.7 Å². The topological polar surface area (TPSA) is 14.8 Å².